The van der Waals surface area contributed by atoms with Crippen molar-refractivity contribution in [3.8, 4) is 17.0 Å². The van der Waals surface area contributed by atoms with Crippen molar-refractivity contribution >= 4 is 11.6 Å². The van der Waals surface area contributed by atoms with Crippen LogP contribution in [-0.2, 0) is 0 Å². The topological polar surface area (TPSA) is 35.0 Å². The third kappa shape index (κ3) is 2.31. The summed E-state index contributed by atoms with van der Waals surface area (Å²) in [7, 11) is 1.67. The molecule has 0 aliphatic rings. The van der Waals surface area contributed by atoms with E-state index in [-0.39, 0.29) is 5.28 Å². The predicted molar refractivity (Wildman–Crippen MR) is 73.2 cm³/mol. The Labute approximate surface area is 112 Å². The van der Waals surface area contributed by atoms with Crippen LogP contribution >= 0.6 is 11.6 Å². The summed E-state index contributed by atoms with van der Waals surface area (Å²) in [4.78, 5) is 8.29. The van der Waals surface area contributed by atoms with E-state index in [0.29, 0.717) is 0 Å². The Balaban J connectivity index is 2.64. The number of hydrogen-bond acceptors (Lipinski definition) is 3. The van der Waals surface area contributed by atoms with Crippen LogP contribution in [0.5, 0.6) is 5.75 Å². The molecular formula is C14H15ClN2O. The van der Waals surface area contributed by atoms with Gasteiger partial charge in [0.2, 0.25) is 5.28 Å². The van der Waals surface area contributed by atoms with Crippen LogP contribution in [0.2, 0.25) is 5.28 Å². The summed E-state index contributed by atoms with van der Waals surface area (Å²) in [5, 5.41) is 0.267. The molecule has 2 aromatic rings. The lowest BCUT2D eigenvalue weighted by Gasteiger charge is -2.12. The fourth-order valence-electron chi connectivity index (χ4n) is 1.96. The number of nitrogens with zero attached hydrogens (tertiary/aromatic N) is 2. The van der Waals surface area contributed by atoms with Crippen molar-refractivity contribution in [2.45, 2.75) is 20.8 Å². The zero-order valence-electron chi connectivity index (χ0n) is 10.9. The fraction of sp³-hybridized carbons (Fsp3) is 0.286. The molecule has 0 atom stereocenters. The molecule has 3 nitrogen and oxygen atoms in total. The van der Waals surface area contributed by atoms with Gasteiger partial charge in [0.05, 0.1) is 12.8 Å². The second-order valence-corrected chi connectivity index (χ2v) is 4.65. The van der Waals surface area contributed by atoms with Gasteiger partial charge in [-0.25, -0.2) is 9.97 Å². The summed E-state index contributed by atoms with van der Waals surface area (Å²) in [6.07, 6.45) is 1.74. The third-order valence-electron chi connectivity index (χ3n) is 2.94. The van der Waals surface area contributed by atoms with Crippen molar-refractivity contribution in [2.24, 2.45) is 0 Å². The molecule has 2 rings (SSSR count). The first-order chi connectivity index (χ1) is 8.52. The maximum absolute atomic E-state index is 5.87. The minimum atomic E-state index is 0.267. The largest absolute Gasteiger partial charge is 0.496 e. The van der Waals surface area contributed by atoms with Crippen molar-refractivity contribution in [1.29, 1.82) is 0 Å². The first-order valence-electron chi connectivity index (χ1n) is 5.67. The molecule has 94 valence electrons. The molecule has 1 aromatic carbocycles. The monoisotopic (exact) mass is 262 g/mol. The minimum absolute atomic E-state index is 0.267. The highest BCUT2D eigenvalue weighted by molar-refractivity contribution is 6.28. The van der Waals surface area contributed by atoms with E-state index in [0.717, 1.165) is 33.7 Å². The van der Waals surface area contributed by atoms with Crippen molar-refractivity contribution in [3.05, 3.63) is 40.3 Å². The molecule has 0 saturated carbocycles. The zero-order chi connectivity index (χ0) is 13.3. The van der Waals surface area contributed by atoms with Crippen LogP contribution in [0.3, 0.4) is 0 Å². The average molecular weight is 263 g/mol. The number of halogens is 1. The Morgan fingerprint density at radius 3 is 2.44 bits per heavy atom. The third-order valence-corrected chi connectivity index (χ3v) is 3.12. The summed E-state index contributed by atoms with van der Waals surface area (Å²) in [5.74, 6) is 0.883. The first-order valence-corrected chi connectivity index (χ1v) is 6.05. The summed E-state index contributed by atoms with van der Waals surface area (Å²) in [6, 6.07) is 4.08. The fourth-order valence-corrected chi connectivity index (χ4v) is 2.09. The van der Waals surface area contributed by atoms with Crippen LogP contribution in [0, 0.1) is 20.8 Å². The Morgan fingerprint density at radius 1 is 1.06 bits per heavy atom. The van der Waals surface area contributed by atoms with Crippen molar-refractivity contribution in [1.82, 2.24) is 9.97 Å². The Morgan fingerprint density at radius 2 is 1.78 bits per heavy atom. The zero-order valence-corrected chi connectivity index (χ0v) is 11.7. The summed E-state index contributed by atoms with van der Waals surface area (Å²) in [5.41, 5.74) is 5.13. The van der Waals surface area contributed by atoms with Gasteiger partial charge in [-0.3, -0.25) is 0 Å². The number of benzene rings is 1. The SMILES string of the molecule is COc1cc(C)c(-c2nc(Cl)ncc2C)cc1C. The normalized spacial score (nSPS) is 10.5. The van der Waals surface area contributed by atoms with Gasteiger partial charge in [0.25, 0.3) is 0 Å². The molecule has 0 spiro atoms. The van der Waals surface area contributed by atoms with Crippen LogP contribution < -0.4 is 4.74 Å². The summed E-state index contributed by atoms with van der Waals surface area (Å²) in [6.45, 7) is 6.03. The molecule has 0 aliphatic heterocycles. The van der Waals surface area contributed by atoms with E-state index >= 15 is 0 Å². The van der Waals surface area contributed by atoms with Crippen LogP contribution in [0.4, 0.5) is 0 Å². The molecule has 1 heterocycles. The van der Waals surface area contributed by atoms with Crippen molar-refractivity contribution < 1.29 is 4.74 Å². The van der Waals surface area contributed by atoms with Crippen LogP contribution in [0.1, 0.15) is 16.7 Å². The van der Waals surface area contributed by atoms with Crippen LogP contribution in [0.25, 0.3) is 11.3 Å². The molecule has 4 heteroatoms. The van der Waals surface area contributed by atoms with Gasteiger partial charge < -0.3 is 4.74 Å². The lowest BCUT2D eigenvalue weighted by atomic mass is 9.99. The van der Waals surface area contributed by atoms with E-state index in [4.69, 9.17) is 16.3 Å². The number of rotatable bonds is 2. The average Bonchev–Trinajstić information content (AvgIpc) is 2.35. The molecule has 0 fully saturated rings. The van der Waals surface area contributed by atoms with Gasteiger partial charge in [0.1, 0.15) is 5.75 Å². The highest BCUT2D eigenvalue weighted by atomic mass is 35.5. The van der Waals surface area contributed by atoms with Gasteiger partial charge in [0.15, 0.2) is 0 Å². The molecule has 0 radical (unpaired) electrons. The maximum Gasteiger partial charge on any atom is 0.222 e. The molecule has 0 amide bonds. The van der Waals surface area contributed by atoms with Gasteiger partial charge in [0, 0.05) is 11.8 Å². The number of aryl methyl sites for hydroxylation is 3. The summed E-state index contributed by atoms with van der Waals surface area (Å²) < 4.78 is 5.31. The highest BCUT2D eigenvalue weighted by Gasteiger charge is 2.11. The first kappa shape index (κ1) is 12.8. The lowest BCUT2D eigenvalue weighted by Crippen LogP contribution is -1.96. The van der Waals surface area contributed by atoms with Gasteiger partial charge in [-0.2, -0.15) is 0 Å². The van der Waals surface area contributed by atoms with Gasteiger partial charge in [-0.15, -0.1) is 0 Å². The van der Waals surface area contributed by atoms with E-state index < -0.39 is 0 Å². The standard InChI is InChI=1S/C14H15ClN2O/c1-8-6-12(18-4)9(2)5-11(8)13-10(3)7-16-14(15)17-13/h5-7H,1-4H3. The second-order valence-electron chi connectivity index (χ2n) is 4.31. The molecule has 18 heavy (non-hydrogen) atoms. The summed E-state index contributed by atoms with van der Waals surface area (Å²) >= 11 is 5.87. The van der Waals surface area contributed by atoms with Crippen molar-refractivity contribution in [2.75, 3.05) is 7.11 Å². The Kier molecular flexibility index (Phi) is 3.53. The van der Waals surface area contributed by atoms with Gasteiger partial charge in [-0.1, -0.05) is 0 Å². The van der Waals surface area contributed by atoms with Crippen LogP contribution in [-0.4, -0.2) is 17.1 Å². The van der Waals surface area contributed by atoms with Gasteiger partial charge >= 0.3 is 0 Å². The minimum Gasteiger partial charge on any atom is -0.496 e. The Hall–Kier alpha value is -1.61. The quantitative estimate of drug-likeness (QED) is 0.774. The lowest BCUT2D eigenvalue weighted by molar-refractivity contribution is 0.411. The van der Waals surface area contributed by atoms with E-state index in [1.165, 1.54) is 0 Å². The maximum atomic E-state index is 5.87. The molecule has 0 N–H and O–H groups in total. The van der Waals surface area contributed by atoms with E-state index in [9.17, 15) is 0 Å². The second kappa shape index (κ2) is 4.94. The van der Waals surface area contributed by atoms with Crippen LogP contribution in [0.15, 0.2) is 18.3 Å². The Bertz CT molecular complexity index is 597. The smallest absolute Gasteiger partial charge is 0.222 e. The number of ether oxygens (including phenoxy) is 1. The molecule has 1 aromatic heterocycles. The van der Waals surface area contributed by atoms with Crippen molar-refractivity contribution in [3.63, 3.8) is 0 Å². The predicted octanol–water partition coefficient (Wildman–Crippen LogP) is 3.73. The van der Waals surface area contributed by atoms with E-state index in [1.807, 2.05) is 26.8 Å². The molecule has 0 unspecified atom stereocenters. The number of aromatic nitrogens is 2. The van der Waals surface area contributed by atoms with E-state index in [2.05, 4.69) is 16.0 Å². The number of hydrogen-bond donors (Lipinski definition) is 0. The highest BCUT2D eigenvalue weighted by Crippen LogP contribution is 2.30. The number of methoxy groups -OCH3 is 1. The van der Waals surface area contributed by atoms with Gasteiger partial charge in [-0.05, 0) is 61.2 Å². The van der Waals surface area contributed by atoms with E-state index in [1.54, 1.807) is 13.3 Å². The molecule has 0 bridgehead atoms. The molecule has 0 saturated heterocycles. The molecular weight excluding hydrogens is 248 g/mol. The molecule has 0 aliphatic carbocycles.